The summed E-state index contributed by atoms with van der Waals surface area (Å²) in [5.74, 6) is 0.823. The summed E-state index contributed by atoms with van der Waals surface area (Å²) in [6.07, 6.45) is 1.87. The van der Waals surface area contributed by atoms with E-state index in [9.17, 15) is 4.79 Å². The maximum Gasteiger partial charge on any atom is 0.261 e. The third-order valence-corrected chi connectivity index (χ3v) is 5.89. The molecule has 0 saturated heterocycles. The molecule has 0 atom stereocenters. The van der Waals surface area contributed by atoms with E-state index in [1.165, 1.54) is 11.5 Å². The molecule has 2 N–H and O–H groups in total. The quantitative estimate of drug-likeness (QED) is 0.487. The number of ether oxygens (including phenoxy) is 1. The van der Waals surface area contributed by atoms with Gasteiger partial charge < -0.3 is 10.2 Å². The molecule has 2 aromatic heterocycles. The predicted molar refractivity (Wildman–Crippen MR) is 112 cm³/mol. The lowest BCUT2D eigenvalue weighted by atomic mass is 10.0. The van der Waals surface area contributed by atoms with Gasteiger partial charge in [-0.05, 0) is 56.0 Å². The Kier molecular flexibility index (Phi) is 4.80. The van der Waals surface area contributed by atoms with Gasteiger partial charge in [0.05, 0.1) is 23.0 Å². The molecule has 0 radical (unpaired) electrons. The number of fused-ring (bicyclic) bond motifs is 3. The molecule has 0 saturated carbocycles. The SMILES string of the molecule is COc1ccc2c(cnc3cc(-c4cc(=O)n(C(C)(C)C)s4)ccc32)c1.O. The molecule has 0 fully saturated rings. The third kappa shape index (κ3) is 3.34. The fourth-order valence-electron chi connectivity index (χ4n) is 3.12. The Bertz CT molecular complexity index is 1190. The maximum absolute atomic E-state index is 12.3. The second kappa shape index (κ2) is 6.79. The van der Waals surface area contributed by atoms with Gasteiger partial charge in [-0.15, -0.1) is 0 Å². The van der Waals surface area contributed by atoms with E-state index in [1.54, 1.807) is 13.2 Å². The minimum Gasteiger partial charge on any atom is -0.497 e. The number of pyridine rings is 1. The lowest BCUT2D eigenvalue weighted by Gasteiger charge is -2.18. The standard InChI is InChI=1S/C21H20N2O2S.H2O/c1-21(2,3)23-20(24)11-19(26-23)13-5-7-17-16-8-6-15(25-4)9-14(16)12-22-18(17)10-13;/h5-12H,1-4H3;1H2. The summed E-state index contributed by atoms with van der Waals surface area (Å²) in [7, 11) is 1.66. The molecule has 2 heterocycles. The van der Waals surface area contributed by atoms with Crippen molar-refractivity contribution in [2.45, 2.75) is 26.3 Å². The van der Waals surface area contributed by atoms with Crippen molar-refractivity contribution in [3.05, 3.63) is 59.0 Å². The van der Waals surface area contributed by atoms with Crippen molar-refractivity contribution >= 4 is 33.2 Å². The average Bonchev–Trinajstić information content (AvgIpc) is 3.02. The van der Waals surface area contributed by atoms with E-state index in [4.69, 9.17) is 4.74 Å². The van der Waals surface area contributed by atoms with Crippen LogP contribution < -0.4 is 10.3 Å². The molecule has 140 valence electrons. The van der Waals surface area contributed by atoms with E-state index in [2.05, 4.69) is 29.2 Å². The number of hydrogen-bond donors (Lipinski definition) is 0. The van der Waals surface area contributed by atoms with Crippen molar-refractivity contribution in [3.63, 3.8) is 0 Å². The molecular formula is C21H22N2O3S. The highest BCUT2D eigenvalue weighted by molar-refractivity contribution is 7.10. The smallest absolute Gasteiger partial charge is 0.261 e. The molecule has 4 aromatic rings. The van der Waals surface area contributed by atoms with Crippen LogP contribution in [0.3, 0.4) is 0 Å². The van der Waals surface area contributed by atoms with Crippen LogP contribution in [0.5, 0.6) is 5.75 Å². The van der Waals surface area contributed by atoms with Gasteiger partial charge in [-0.1, -0.05) is 23.7 Å². The number of aromatic nitrogens is 2. The monoisotopic (exact) mass is 382 g/mol. The van der Waals surface area contributed by atoms with E-state index >= 15 is 0 Å². The number of hydrogen-bond acceptors (Lipinski definition) is 4. The minimum absolute atomic E-state index is 0. The molecule has 6 heteroatoms. The van der Waals surface area contributed by atoms with E-state index in [0.29, 0.717) is 0 Å². The summed E-state index contributed by atoms with van der Waals surface area (Å²) in [4.78, 5) is 17.9. The second-order valence-electron chi connectivity index (χ2n) is 7.35. The molecule has 2 aromatic carbocycles. The van der Waals surface area contributed by atoms with Crippen molar-refractivity contribution in [2.24, 2.45) is 0 Å². The summed E-state index contributed by atoms with van der Waals surface area (Å²) >= 11 is 1.50. The summed E-state index contributed by atoms with van der Waals surface area (Å²) < 4.78 is 7.11. The van der Waals surface area contributed by atoms with Gasteiger partial charge >= 0.3 is 0 Å². The first-order chi connectivity index (χ1) is 12.4. The van der Waals surface area contributed by atoms with Gasteiger partial charge in [0.15, 0.2) is 0 Å². The van der Waals surface area contributed by atoms with Crippen LogP contribution in [0.25, 0.3) is 32.1 Å². The molecule has 27 heavy (non-hydrogen) atoms. The predicted octanol–water partition coefficient (Wildman–Crippen LogP) is 4.22. The Morgan fingerprint density at radius 1 is 1.04 bits per heavy atom. The maximum atomic E-state index is 12.3. The zero-order valence-electron chi connectivity index (χ0n) is 15.7. The van der Waals surface area contributed by atoms with Crippen molar-refractivity contribution in [1.29, 1.82) is 0 Å². The molecular weight excluding hydrogens is 360 g/mol. The van der Waals surface area contributed by atoms with Crippen LogP contribution in [0.4, 0.5) is 0 Å². The third-order valence-electron chi connectivity index (χ3n) is 4.43. The number of rotatable bonds is 2. The van der Waals surface area contributed by atoms with Gasteiger partial charge in [-0.3, -0.25) is 13.7 Å². The molecule has 0 spiro atoms. The highest BCUT2D eigenvalue weighted by Crippen LogP contribution is 2.32. The van der Waals surface area contributed by atoms with E-state index in [1.807, 2.05) is 43.1 Å². The zero-order valence-corrected chi connectivity index (χ0v) is 16.6. The van der Waals surface area contributed by atoms with Crippen LogP contribution in [0.2, 0.25) is 0 Å². The van der Waals surface area contributed by atoms with Gasteiger partial charge in [-0.2, -0.15) is 0 Å². The Morgan fingerprint density at radius 3 is 2.44 bits per heavy atom. The van der Waals surface area contributed by atoms with E-state index < -0.39 is 0 Å². The molecule has 5 nitrogen and oxygen atoms in total. The summed E-state index contributed by atoms with van der Waals surface area (Å²) in [5, 5.41) is 3.28. The first-order valence-electron chi connectivity index (χ1n) is 8.47. The van der Waals surface area contributed by atoms with Crippen LogP contribution >= 0.6 is 11.5 Å². The normalized spacial score (nSPS) is 11.6. The number of methoxy groups -OCH3 is 1. The Balaban J connectivity index is 0.00000210. The molecule has 0 aliphatic heterocycles. The fraction of sp³-hybridized carbons (Fsp3) is 0.238. The van der Waals surface area contributed by atoms with Gasteiger partial charge in [0.2, 0.25) is 0 Å². The second-order valence-corrected chi connectivity index (χ2v) is 8.33. The Labute approximate surface area is 161 Å². The van der Waals surface area contributed by atoms with Crippen molar-refractivity contribution in [2.75, 3.05) is 7.11 Å². The molecule has 0 aliphatic carbocycles. The lowest BCUT2D eigenvalue weighted by Crippen LogP contribution is -2.28. The molecule has 4 rings (SSSR count). The average molecular weight is 382 g/mol. The van der Waals surface area contributed by atoms with Crippen LogP contribution in [-0.2, 0) is 5.54 Å². The van der Waals surface area contributed by atoms with Gasteiger partial charge in [-0.25, -0.2) is 0 Å². The zero-order chi connectivity index (χ0) is 18.5. The summed E-state index contributed by atoms with van der Waals surface area (Å²) in [6.45, 7) is 6.12. The molecule has 0 aliphatic rings. The van der Waals surface area contributed by atoms with Gasteiger partial charge in [0.1, 0.15) is 5.75 Å². The van der Waals surface area contributed by atoms with Crippen LogP contribution in [-0.4, -0.2) is 21.5 Å². The number of nitrogens with zero attached hydrogens (tertiary/aromatic N) is 2. The lowest BCUT2D eigenvalue weighted by molar-refractivity contribution is 0.415. The van der Waals surface area contributed by atoms with E-state index in [-0.39, 0.29) is 16.6 Å². The molecule has 0 bridgehead atoms. The topological polar surface area (TPSA) is 75.6 Å². The summed E-state index contributed by atoms with van der Waals surface area (Å²) in [5.41, 5.74) is 1.76. The minimum atomic E-state index is -0.218. The van der Waals surface area contributed by atoms with E-state index in [0.717, 1.165) is 37.9 Å². The van der Waals surface area contributed by atoms with Gasteiger partial charge in [0, 0.05) is 23.0 Å². The van der Waals surface area contributed by atoms with Crippen molar-refractivity contribution < 1.29 is 10.2 Å². The Morgan fingerprint density at radius 2 is 1.78 bits per heavy atom. The summed E-state index contributed by atoms with van der Waals surface area (Å²) in [6, 6.07) is 13.9. The molecule has 0 amide bonds. The van der Waals surface area contributed by atoms with Crippen molar-refractivity contribution in [3.8, 4) is 16.2 Å². The van der Waals surface area contributed by atoms with Gasteiger partial charge in [0.25, 0.3) is 5.56 Å². The van der Waals surface area contributed by atoms with Crippen LogP contribution in [0.15, 0.2) is 53.5 Å². The number of benzene rings is 2. The first kappa shape index (κ1) is 19.1. The molecule has 0 unspecified atom stereocenters. The largest absolute Gasteiger partial charge is 0.497 e. The highest BCUT2D eigenvalue weighted by Gasteiger charge is 2.18. The van der Waals surface area contributed by atoms with Crippen molar-refractivity contribution in [1.82, 2.24) is 8.94 Å². The fourth-order valence-corrected chi connectivity index (χ4v) is 4.12. The Hall–Kier alpha value is -2.70. The highest BCUT2D eigenvalue weighted by atomic mass is 32.1. The van der Waals surface area contributed by atoms with Crippen LogP contribution in [0, 0.1) is 0 Å². The van der Waals surface area contributed by atoms with Crippen LogP contribution in [0.1, 0.15) is 20.8 Å². The first-order valence-corrected chi connectivity index (χ1v) is 9.25.